The second-order valence-corrected chi connectivity index (χ2v) is 4.06. The van der Waals surface area contributed by atoms with Gasteiger partial charge in [-0.3, -0.25) is 4.79 Å². The summed E-state index contributed by atoms with van der Waals surface area (Å²) < 4.78 is 0. The van der Waals surface area contributed by atoms with E-state index in [2.05, 4.69) is 0 Å². The summed E-state index contributed by atoms with van der Waals surface area (Å²) in [5, 5.41) is 8.44. The molecule has 2 aliphatic rings. The SMILES string of the molecule is N#CCC(=O)N(CC1CC1)C1CC1. The van der Waals surface area contributed by atoms with Gasteiger partial charge in [0.05, 0.1) is 6.07 Å². The quantitative estimate of drug-likeness (QED) is 0.651. The van der Waals surface area contributed by atoms with Crippen LogP contribution < -0.4 is 0 Å². The van der Waals surface area contributed by atoms with E-state index in [0.717, 1.165) is 25.3 Å². The zero-order valence-corrected chi connectivity index (χ0v) is 7.70. The fourth-order valence-electron chi connectivity index (χ4n) is 1.59. The molecule has 0 aromatic rings. The van der Waals surface area contributed by atoms with Crippen LogP contribution in [0.15, 0.2) is 0 Å². The van der Waals surface area contributed by atoms with Crippen LogP contribution in [0.2, 0.25) is 0 Å². The molecule has 2 aliphatic carbocycles. The summed E-state index contributed by atoms with van der Waals surface area (Å²) in [5.74, 6) is 0.778. The Morgan fingerprint density at radius 3 is 2.54 bits per heavy atom. The Balaban J connectivity index is 1.87. The predicted octanol–water partition coefficient (Wildman–Crippen LogP) is 1.30. The molecule has 13 heavy (non-hydrogen) atoms. The van der Waals surface area contributed by atoms with Crippen molar-refractivity contribution in [2.75, 3.05) is 6.54 Å². The van der Waals surface area contributed by atoms with Gasteiger partial charge in [0.2, 0.25) is 5.91 Å². The van der Waals surface area contributed by atoms with Gasteiger partial charge in [0.25, 0.3) is 0 Å². The second-order valence-electron chi connectivity index (χ2n) is 4.06. The van der Waals surface area contributed by atoms with E-state index < -0.39 is 0 Å². The van der Waals surface area contributed by atoms with E-state index in [4.69, 9.17) is 5.26 Å². The van der Waals surface area contributed by atoms with E-state index >= 15 is 0 Å². The van der Waals surface area contributed by atoms with Crippen molar-refractivity contribution in [3.05, 3.63) is 0 Å². The summed E-state index contributed by atoms with van der Waals surface area (Å²) in [6, 6.07) is 2.41. The maximum atomic E-state index is 11.5. The zero-order valence-electron chi connectivity index (χ0n) is 7.70. The Morgan fingerprint density at radius 1 is 1.38 bits per heavy atom. The molecule has 2 fully saturated rings. The summed E-state index contributed by atoms with van der Waals surface area (Å²) >= 11 is 0. The minimum Gasteiger partial charge on any atom is -0.339 e. The van der Waals surface area contributed by atoms with Crippen molar-refractivity contribution in [3.8, 4) is 6.07 Å². The van der Waals surface area contributed by atoms with Gasteiger partial charge in [-0.1, -0.05) is 0 Å². The van der Waals surface area contributed by atoms with Gasteiger partial charge in [-0.2, -0.15) is 5.26 Å². The molecule has 0 N–H and O–H groups in total. The molecule has 0 aromatic carbocycles. The molecule has 0 aromatic heterocycles. The van der Waals surface area contributed by atoms with E-state index in [-0.39, 0.29) is 12.3 Å². The van der Waals surface area contributed by atoms with Crippen molar-refractivity contribution in [2.24, 2.45) is 5.92 Å². The molecular formula is C10H14N2O. The van der Waals surface area contributed by atoms with E-state index in [9.17, 15) is 4.79 Å². The number of amides is 1. The maximum absolute atomic E-state index is 11.5. The topological polar surface area (TPSA) is 44.1 Å². The van der Waals surface area contributed by atoms with Crippen LogP contribution >= 0.6 is 0 Å². The van der Waals surface area contributed by atoms with Crippen LogP contribution in [0.25, 0.3) is 0 Å². The van der Waals surface area contributed by atoms with Crippen LogP contribution in [0.1, 0.15) is 32.1 Å². The lowest BCUT2D eigenvalue weighted by molar-refractivity contribution is -0.130. The lowest BCUT2D eigenvalue weighted by Crippen LogP contribution is -2.34. The van der Waals surface area contributed by atoms with Gasteiger partial charge in [-0.15, -0.1) is 0 Å². The first-order valence-corrected chi connectivity index (χ1v) is 4.97. The highest BCUT2D eigenvalue weighted by molar-refractivity contribution is 5.78. The first-order valence-electron chi connectivity index (χ1n) is 4.97. The molecule has 0 bridgehead atoms. The summed E-state index contributed by atoms with van der Waals surface area (Å²) in [5.41, 5.74) is 0. The summed E-state index contributed by atoms with van der Waals surface area (Å²) in [4.78, 5) is 13.4. The van der Waals surface area contributed by atoms with Crippen molar-refractivity contribution >= 4 is 5.91 Å². The lowest BCUT2D eigenvalue weighted by atomic mass is 10.3. The molecular weight excluding hydrogens is 164 g/mol. The number of hydrogen-bond donors (Lipinski definition) is 0. The van der Waals surface area contributed by atoms with Crippen LogP contribution in [0.4, 0.5) is 0 Å². The maximum Gasteiger partial charge on any atom is 0.237 e. The molecule has 0 unspecified atom stereocenters. The molecule has 3 nitrogen and oxygen atoms in total. The monoisotopic (exact) mass is 178 g/mol. The van der Waals surface area contributed by atoms with Crippen molar-refractivity contribution in [1.82, 2.24) is 4.90 Å². The summed E-state index contributed by atoms with van der Waals surface area (Å²) in [6.45, 7) is 0.908. The minimum absolute atomic E-state index is 0.0388. The van der Waals surface area contributed by atoms with Crippen LogP contribution in [-0.2, 0) is 4.79 Å². The first-order chi connectivity index (χ1) is 6.31. The van der Waals surface area contributed by atoms with E-state index in [1.54, 1.807) is 0 Å². The third-order valence-electron chi connectivity index (χ3n) is 2.69. The fraction of sp³-hybridized carbons (Fsp3) is 0.800. The average molecular weight is 178 g/mol. The van der Waals surface area contributed by atoms with Gasteiger partial charge < -0.3 is 4.90 Å². The zero-order chi connectivity index (χ0) is 9.26. The number of hydrogen-bond acceptors (Lipinski definition) is 2. The molecule has 1 amide bonds. The third-order valence-corrected chi connectivity index (χ3v) is 2.69. The number of carbonyl (C=O) groups excluding carboxylic acids is 1. The molecule has 0 spiro atoms. The largest absolute Gasteiger partial charge is 0.339 e. The average Bonchev–Trinajstić information content (AvgIpc) is 2.95. The molecule has 70 valence electrons. The van der Waals surface area contributed by atoms with Crippen LogP contribution in [0.5, 0.6) is 0 Å². The Morgan fingerprint density at radius 2 is 2.08 bits per heavy atom. The Kier molecular flexibility index (Phi) is 2.22. The van der Waals surface area contributed by atoms with Crippen LogP contribution in [0.3, 0.4) is 0 Å². The molecule has 2 rings (SSSR count). The highest BCUT2D eigenvalue weighted by atomic mass is 16.2. The van der Waals surface area contributed by atoms with E-state index in [0.29, 0.717) is 6.04 Å². The number of nitriles is 1. The van der Waals surface area contributed by atoms with Crippen molar-refractivity contribution < 1.29 is 4.79 Å². The lowest BCUT2D eigenvalue weighted by Gasteiger charge is -2.20. The molecule has 0 atom stereocenters. The van der Waals surface area contributed by atoms with Crippen LogP contribution in [0, 0.1) is 17.2 Å². The molecule has 0 saturated heterocycles. The molecule has 3 heteroatoms. The van der Waals surface area contributed by atoms with Crippen LogP contribution in [-0.4, -0.2) is 23.4 Å². The third kappa shape index (κ3) is 2.21. The van der Waals surface area contributed by atoms with Gasteiger partial charge in [-0.25, -0.2) is 0 Å². The Hall–Kier alpha value is -1.04. The molecule has 2 saturated carbocycles. The molecule has 0 aliphatic heterocycles. The van der Waals surface area contributed by atoms with Gasteiger partial charge in [0.1, 0.15) is 6.42 Å². The highest BCUT2D eigenvalue weighted by Gasteiger charge is 2.36. The Bertz CT molecular complexity index is 248. The van der Waals surface area contributed by atoms with Crippen molar-refractivity contribution in [3.63, 3.8) is 0 Å². The standard InChI is InChI=1S/C10H14N2O/c11-6-5-10(13)12(9-3-4-9)7-8-1-2-8/h8-9H,1-5,7H2. The van der Waals surface area contributed by atoms with Gasteiger partial charge in [0.15, 0.2) is 0 Å². The molecule has 0 radical (unpaired) electrons. The van der Waals surface area contributed by atoms with Crippen molar-refractivity contribution in [1.29, 1.82) is 5.26 Å². The van der Waals surface area contributed by atoms with Gasteiger partial charge in [0, 0.05) is 12.6 Å². The van der Waals surface area contributed by atoms with E-state index in [1.165, 1.54) is 12.8 Å². The summed E-state index contributed by atoms with van der Waals surface area (Å²) in [6.07, 6.45) is 4.88. The highest BCUT2D eigenvalue weighted by Crippen LogP contribution is 2.34. The van der Waals surface area contributed by atoms with Crippen molar-refractivity contribution in [2.45, 2.75) is 38.1 Å². The van der Waals surface area contributed by atoms with Gasteiger partial charge >= 0.3 is 0 Å². The number of rotatable bonds is 4. The number of nitrogens with zero attached hydrogens (tertiary/aromatic N) is 2. The predicted molar refractivity (Wildman–Crippen MR) is 47.7 cm³/mol. The summed E-state index contributed by atoms with van der Waals surface area (Å²) in [7, 11) is 0. The Labute approximate surface area is 78.3 Å². The number of carbonyl (C=O) groups is 1. The van der Waals surface area contributed by atoms with Gasteiger partial charge in [-0.05, 0) is 31.6 Å². The molecule has 0 heterocycles. The minimum atomic E-state index is 0.0388. The fourth-order valence-corrected chi connectivity index (χ4v) is 1.59. The normalized spacial score (nSPS) is 20.8. The first kappa shape index (κ1) is 8.55. The second kappa shape index (κ2) is 3.37. The smallest absolute Gasteiger partial charge is 0.237 e. The van der Waals surface area contributed by atoms with E-state index in [1.807, 2.05) is 11.0 Å².